The number of rotatable bonds is 4. The molecule has 0 spiro atoms. The van der Waals surface area contributed by atoms with E-state index >= 15 is 0 Å². The second-order valence-corrected chi connectivity index (χ2v) is 8.06. The van der Waals surface area contributed by atoms with Crippen molar-refractivity contribution < 1.29 is 9.32 Å². The summed E-state index contributed by atoms with van der Waals surface area (Å²) in [7, 11) is 0. The molecule has 2 aromatic heterocycles. The van der Waals surface area contributed by atoms with Gasteiger partial charge in [0.15, 0.2) is 5.76 Å². The third-order valence-electron chi connectivity index (χ3n) is 5.79. The molecular formula is C21H29N5O2. The Morgan fingerprint density at radius 2 is 2.00 bits per heavy atom. The monoisotopic (exact) mass is 383 g/mol. The lowest BCUT2D eigenvalue weighted by Gasteiger charge is -2.35. The van der Waals surface area contributed by atoms with Crippen molar-refractivity contribution >= 4 is 5.91 Å². The summed E-state index contributed by atoms with van der Waals surface area (Å²) in [5, 5.41) is 4.02. The Hall–Kier alpha value is -2.28. The fourth-order valence-electron chi connectivity index (χ4n) is 4.34. The Morgan fingerprint density at radius 3 is 2.75 bits per heavy atom. The summed E-state index contributed by atoms with van der Waals surface area (Å²) in [6.07, 6.45) is 7.48. The van der Waals surface area contributed by atoms with Gasteiger partial charge in [-0.05, 0) is 52.5 Å². The van der Waals surface area contributed by atoms with Crippen molar-refractivity contribution in [2.75, 3.05) is 32.7 Å². The lowest BCUT2D eigenvalue weighted by Crippen LogP contribution is -2.45. The van der Waals surface area contributed by atoms with Crippen molar-refractivity contribution in [2.24, 2.45) is 0 Å². The molecule has 2 aliphatic heterocycles. The number of nitrogens with zero attached hydrogens (tertiary/aromatic N) is 5. The van der Waals surface area contributed by atoms with Crippen LogP contribution in [0, 0.1) is 13.8 Å². The zero-order valence-electron chi connectivity index (χ0n) is 16.9. The predicted octanol–water partition coefficient (Wildman–Crippen LogP) is 2.94. The van der Waals surface area contributed by atoms with Crippen molar-refractivity contribution in [3.63, 3.8) is 0 Å². The summed E-state index contributed by atoms with van der Waals surface area (Å²) in [5.74, 6) is 2.01. The van der Waals surface area contributed by atoms with E-state index in [1.807, 2.05) is 31.0 Å². The molecule has 0 unspecified atom stereocenters. The molecule has 0 aromatic carbocycles. The Kier molecular flexibility index (Phi) is 5.71. The first-order valence-corrected chi connectivity index (χ1v) is 10.4. The van der Waals surface area contributed by atoms with Crippen LogP contribution in [0.2, 0.25) is 0 Å². The number of aryl methyl sites for hydroxylation is 2. The highest BCUT2D eigenvalue weighted by Crippen LogP contribution is 2.33. The van der Waals surface area contributed by atoms with Crippen molar-refractivity contribution in [3.05, 3.63) is 29.5 Å². The average molecular weight is 383 g/mol. The molecule has 0 bridgehead atoms. The SMILES string of the molecule is Cc1cc(-c2cnc(C)nc2[C@@H]2CCCN(CC(=O)N3CCCCC3)C2)on1. The van der Waals surface area contributed by atoms with E-state index in [0.29, 0.717) is 12.3 Å². The molecular weight excluding hydrogens is 354 g/mol. The molecule has 1 amide bonds. The molecule has 28 heavy (non-hydrogen) atoms. The van der Waals surface area contributed by atoms with Gasteiger partial charge >= 0.3 is 0 Å². The van der Waals surface area contributed by atoms with Gasteiger partial charge in [0, 0.05) is 37.8 Å². The van der Waals surface area contributed by atoms with Crippen LogP contribution in [-0.4, -0.2) is 63.6 Å². The average Bonchev–Trinajstić information content (AvgIpc) is 3.15. The number of aromatic nitrogens is 3. The van der Waals surface area contributed by atoms with Crippen molar-refractivity contribution in [1.82, 2.24) is 24.9 Å². The molecule has 7 nitrogen and oxygen atoms in total. The summed E-state index contributed by atoms with van der Waals surface area (Å²) in [6.45, 7) is 7.98. The highest BCUT2D eigenvalue weighted by molar-refractivity contribution is 5.78. The highest BCUT2D eigenvalue weighted by Gasteiger charge is 2.28. The van der Waals surface area contributed by atoms with Crippen LogP contribution >= 0.6 is 0 Å². The second-order valence-electron chi connectivity index (χ2n) is 8.06. The Morgan fingerprint density at radius 1 is 1.18 bits per heavy atom. The molecule has 150 valence electrons. The maximum absolute atomic E-state index is 12.7. The Balaban J connectivity index is 1.50. The maximum Gasteiger partial charge on any atom is 0.236 e. The lowest BCUT2D eigenvalue weighted by atomic mass is 9.91. The number of likely N-dealkylation sites (tertiary alicyclic amines) is 2. The molecule has 7 heteroatoms. The summed E-state index contributed by atoms with van der Waals surface area (Å²) in [4.78, 5) is 26.2. The summed E-state index contributed by atoms with van der Waals surface area (Å²) in [5.41, 5.74) is 2.78. The molecule has 4 rings (SSSR count). The van der Waals surface area contributed by atoms with E-state index < -0.39 is 0 Å². The van der Waals surface area contributed by atoms with Crippen molar-refractivity contribution in [3.8, 4) is 11.3 Å². The van der Waals surface area contributed by atoms with Gasteiger partial charge in [-0.2, -0.15) is 0 Å². The summed E-state index contributed by atoms with van der Waals surface area (Å²) >= 11 is 0. The van der Waals surface area contributed by atoms with Crippen LogP contribution in [0.4, 0.5) is 0 Å². The molecule has 0 N–H and O–H groups in total. The van der Waals surface area contributed by atoms with Crippen LogP contribution in [-0.2, 0) is 4.79 Å². The van der Waals surface area contributed by atoms with Gasteiger partial charge in [-0.15, -0.1) is 0 Å². The Labute approximate surface area is 166 Å². The van der Waals surface area contributed by atoms with Crippen molar-refractivity contribution in [1.29, 1.82) is 0 Å². The minimum Gasteiger partial charge on any atom is -0.356 e. The third-order valence-corrected chi connectivity index (χ3v) is 5.79. The largest absolute Gasteiger partial charge is 0.356 e. The molecule has 2 aliphatic rings. The predicted molar refractivity (Wildman–Crippen MR) is 106 cm³/mol. The van der Waals surface area contributed by atoms with Gasteiger partial charge in [-0.25, -0.2) is 9.97 Å². The van der Waals surface area contributed by atoms with E-state index in [1.54, 1.807) is 0 Å². The zero-order valence-corrected chi connectivity index (χ0v) is 16.9. The van der Waals surface area contributed by atoms with E-state index in [-0.39, 0.29) is 11.8 Å². The van der Waals surface area contributed by atoms with Crippen molar-refractivity contribution in [2.45, 2.75) is 51.9 Å². The van der Waals surface area contributed by atoms with Gasteiger partial charge in [0.05, 0.1) is 23.5 Å². The maximum atomic E-state index is 12.7. The zero-order chi connectivity index (χ0) is 19.5. The molecule has 1 atom stereocenters. The second kappa shape index (κ2) is 8.39. The van der Waals surface area contributed by atoms with Crippen LogP contribution in [0.5, 0.6) is 0 Å². The summed E-state index contributed by atoms with van der Waals surface area (Å²) < 4.78 is 5.49. The van der Waals surface area contributed by atoms with E-state index in [4.69, 9.17) is 9.51 Å². The number of carbonyl (C=O) groups is 1. The van der Waals surface area contributed by atoms with Gasteiger partial charge in [0.1, 0.15) is 5.82 Å². The highest BCUT2D eigenvalue weighted by atomic mass is 16.5. The molecule has 4 heterocycles. The van der Waals surface area contributed by atoms with Crippen LogP contribution in [0.3, 0.4) is 0 Å². The van der Waals surface area contributed by atoms with Crippen LogP contribution in [0.15, 0.2) is 16.8 Å². The van der Waals surface area contributed by atoms with E-state index in [0.717, 1.165) is 74.6 Å². The number of amides is 1. The van der Waals surface area contributed by atoms with E-state index in [2.05, 4.69) is 15.0 Å². The van der Waals surface area contributed by atoms with Gasteiger partial charge in [0.2, 0.25) is 5.91 Å². The topological polar surface area (TPSA) is 75.4 Å². The van der Waals surface area contributed by atoms with Crippen LogP contribution in [0.1, 0.15) is 55.2 Å². The molecule has 2 aromatic rings. The third kappa shape index (κ3) is 4.24. The standard InChI is InChI=1S/C21H29N5O2/c1-15-11-19(28-24-15)18-12-22-16(2)23-21(18)17-7-6-8-25(13-17)14-20(27)26-9-4-3-5-10-26/h11-12,17H,3-10,13-14H2,1-2H3/t17-/m1/s1. The number of carbonyl (C=O) groups excluding carboxylic acids is 1. The molecule has 2 fully saturated rings. The molecule has 0 aliphatic carbocycles. The fraction of sp³-hybridized carbons (Fsp3) is 0.619. The van der Waals surface area contributed by atoms with Gasteiger partial charge in [0.25, 0.3) is 0 Å². The Bertz CT molecular complexity index is 828. The van der Waals surface area contributed by atoms with Crippen LogP contribution in [0.25, 0.3) is 11.3 Å². The lowest BCUT2D eigenvalue weighted by molar-refractivity contribution is -0.133. The molecule has 0 radical (unpaired) electrons. The first kappa shape index (κ1) is 19.1. The molecule has 2 saturated heterocycles. The number of hydrogen-bond acceptors (Lipinski definition) is 6. The van der Waals surface area contributed by atoms with Crippen LogP contribution < -0.4 is 0 Å². The number of hydrogen-bond donors (Lipinski definition) is 0. The smallest absolute Gasteiger partial charge is 0.236 e. The fourth-order valence-corrected chi connectivity index (χ4v) is 4.34. The minimum absolute atomic E-state index is 0.269. The molecule has 0 saturated carbocycles. The van der Waals surface area contributed by atoms with E-state index in [1.165, 1.54) is 6.42 Å². The van der Waals surface area contributed by atoms with Gasteiger partial charge < -0.3 is 9.42 Å². The first-order valence-electron chi connectivity index (χ1n) is 10.4. The normalized spacial score (nSPS) is 21.1. The number of piperidine rings is 2. The first-order chi connectivity index (χ1) is 13.6. The van der Waals surface area contributed by atoms with Gasteiger partial charge in [-0.1, -0.05) is 5.16 Å². The van der Waals surface area contributed by atoms with Gasteiger partial charge in [-0.3, -0.25) is 9.69 Å². The minimum atomic E-state index is 0.269. The van der Waals surface area contributed by atoms with E-state index in [9.17, 15) is 4.79 Å². The summed E-state index contributed by atoms with van der Waals surface area (Å²) in [6, 6.07) is 1.93. The quantitative estimate of drug-likeness (QED) is 0.808.